The Hall–Kier alpha value is -1.46. The van der Waals surface area contributed by atoms with Crippen molar-refractivity contribution in [3.8, 4) is 0 Å². The van der Waals surface area contributed by atoms with Crippen LogP contribution in [0.15, 0.2) is 24.3 Å². The summed E-state index contributed by atoms with van der Waals surface area (Å²) >= 11 is 11.0. The first-order chi connectivity index (χ1) is 8.52. The summed E-state index contributed by atoms with van der Waals surface area (Å²) in [6.45, 7) is 0.101. The molecule has 5 nitrogen and oxygen atoms in total. The van der Waals surface area contributed by atoms with Crippen LogP contribution in [0.2, 0.25) is 5.02 Å². The lowest BCUT2D eigenvalue weighted by Crippen LogP contribution is -2.46. The predicted octanol–water partition coefficient (Wildman–Crippen LogP) is 1.16. The van der Waals surface area contributed by atoms with E-state index >= 15 is 0 Å². The van der Waals surface area contributed by atoms with Crippen LogP contribution in [-0.2, 0) is 9.59 Å². The number of benzene rings is 1. The molecule has 1 aromatic rings. The fraction of sp³-hybridized carbons (Fsp3) is 0.273. The molecule has 1 aromatic carbocycles. The SMILES string of the molecule is CN(CC(=O)NNC(=O)CCl)c1ccc(Cl)cc1. The molecule has 0 atom stereocenters. The number of likely N-dealkylation sites (N-methyl/N-ethyl adjacent to an activating group) is 1. The Morgan fingerprint density at radius 1 is 1.17 bits per heavy atom. The summed E-state index contributed by atoms with van der Waals surface area (Å²) in [4.78, 5) is 24.0. The highest BCUT2D eigenvalue weighted by Gasteiger charge is 2.08. The Labute approximate surface area is 115 Å². The monoisotopic (exact) mass is 289 g/mol. The highest BCUT2D eigenvalue weighted by Crippen LogP contribution is 2.16. The Morgan fingerprint density at radius 3 is 2.28 bits per heavy atom. The van der Waals surface area contributed by atoms with Gasteiger partial charge in [0, 0.05) is 17.8 Å². The number of nitrogens with zero attached hydrogens (tertiary/aromatic N) is 1. The average molecular weight is 290 g/mol. The summed E-state index contributed by atoms with van der Waals surface area (Å²) < 4.78 is 0. The maximum absolute atomic E-state index is 11.5. The Kier molecular flexibility index (Phi) is 5.74. The van der Waals surface area contributed by atoms with E-state index in [1.807, 2.05) is 0 Å². The Balaban J connectivity index is 2.44. The van der Waals surface area contributed by atoms with Crippen molar-refractivity contribution in [2.45, 2.75) is 0 Å². The van der Waals surface area contributed by atoms with Crippen molar-refractivity contribution in [3.63, 3.8) is 0 Å². The zero-order chi connectivity index (χ0) is 13.5. The normalized spacial score (nSPS) is 9.72. The van der Waals surface area contributed by atoms with Gasteiger partial charge in [0.2, 0.25) is 0 Å². The fourth-order valence-corrected chi connectivity index (χ4v) is 1.41. The molecule has 0 fully saturated rings. The number of nitrogens with one attached hydrogen (secondary N) is 2. The van der Waals surface area contributed by atoms with Gasteiger partial charge in [0.05, 0.1) is 6.54 Å². The van der Waals surface area contributed by atoms with Gasteiger partial charge < -0.3 is 4.90 Å². The topological polar surface area (TPSA) is 61.4 Å². The number of amides is 2. The Morgan fingerprint density at radius 2 is 1.72 bits per heavy atom. The van der Waals surface area contributed by atoms with Crippen molar-refractivity contribution in [3.05, 3.63) is 29.3 Å². The minimum atomic E-state index is -0.459. The molecule has 0 aliphatic rings. The summed E-state index contributed by atoms with van der Waals surface area (Å²) in [5.41, 5.74) is 5.28. The maximum Gasteiger partial charge on any atom is 0.257 e. The highest BCUT2D eigenvalue weighted by molar-refractivity contribution is 6.30. The van der Waals surface area contributed by atoms with Crippen LogP contribution >= 0.6 is 23.2 Å². The van der Waals surface area contributed by atoms with E-state index in [0.29, 0.717) is 5.02 Å². The molecule has 0 bridgehead atoms. The minimum absolute atomic E-state index is 0.101. The molecular weight excluding hydrogens is 277 g/mol. The van der Waals surface area contributed by atoms with E-state index in [1.165, 1.54) is 0 Å². The molecular formula is C11H13Cl2N3O2. The van der Waals surface area contributed by atoms with Crippen molar-refractivity contribution in [2.75, 3.05) is 24.4 Å². The Bertz CT molecular complexity index is 423. The van der Waals surface area contributed by atoms with Gasteiger partial charge in [-0.25, -0.2) is 0 Å². The van der Waals surface area contributed by atoms with E-state index in [2.05, 4.69) is 10.9 Å². The lowest BCUT2D eigenvalue weighted by atomic mass is 10.3. The number of hydrogen-bond acceptors (Lipinski definition) is 3. The first kappa shape index (κ1) is 14.6. The smallest absolute Gasteiger partial charge is 0.257 e. The number of alkyl halides is 1. The number of hydrogen-bond donors (Lipinski definition) is 2. The molecule has 1 rings (SSSR count). The van der Waals surface area contributed by atoms with Gasteiger partial charge in [-0.1, -0.05) is 11.6 Å². The third-order valence-corrected chi connectivity index (χ3v) is 2.61. The van der Waals surface area contributed by atoms with Crippen LogP contribution < -0.4 is 15.8 Å². The first-order valence-corrected chi connectivity index (χ1v) is 6.04. The summed E-state index contributed by atoms with van der Waals surface area (Å²) in [5.74, 6) is -1.00. The van der Waals surface area contributed by atoms with E-state index in [-0.39, 0.29) is 18.3 Å². The number of anilines is 1. The molecule has 0 radical (unpaired) electrons. The predicted molar refractivity (Wildman–Crippen MR) is 71.7 cm³/mol. The van der Waals surface area contributed by atoms with E-state index in [4.69, 9.17) is 23.2 Å². The zero-order valence-electron chi connectivity index (χ0n) is 9.74. The maximum atomic E-state index is 11.5. The first-order valence-electron chi connectivity index (χ1n) is 5.13. The third kappa shape index (κ3) is 4.81. The van der Waals surface area contributed by atoms with Crippen molar-refractivity contribution in [2.24, 2.45) is 0 Å². The zero-order valence-corrected chi connectivity index (χ0v) is 11.3. The average Bonchev–Trinajstić information content (AvgIpc) is 2.36. The molecule has 98 valence electrons. The van der Waals surface area contributed by atoms with E-state index in [9.17, 15) is 9.59 Å². The molecule has 2 N–H and O–H groups in total. The molecule has 0 heterocycles. The van der Waals surface area contributed by atoms with Gasteiger partial charge >= 0.3 is 0 Å². The van der Waals surface area contributed by atoms with Crippen molar-refractivity contribution < 1.29 is 9.59 Å². The number of halogens is 2. The summed E-state index contributed by atoms with van der Waals surface area (Å²) in [6.07, 6.45) is 0. The summed E-state index contributed by atoms with van der Waals surface area (Å²) in [6, 6.07) is 7.07. The van der Waals surface area contributed by atoms with Crippen LogP contribution in [0.5, 0.6) is 0 Å². The van der Waals surface area contributed by atoms with Crippen molar-refractivity contribution >= 4 is 40.7 Å². The quantitative estimate of drug-likeness (QED) is 0.646. The van der Waals surface area contributed by atoms with Gasteiger partial charge in [-0.2, -0.15) is 0 Å². The lowest BCUT2D eigenvalue weighted by molar-refractivity contribution is -0.126. The van der Waals surface area contributed by atoms with Gasteiger partial charge in [-0.15, -0.1) is 11.6 Å². The number of carbonyl (C=O) groups excluding carboxylic acids is 2. The van der Waals surface area contributed by atoms with E-state index < -0.39 is 5.91 Å². The molecule has 7 heteroatoms. The largest absolute Gasteiger partial charge is 0.365 e. The number of rotatable bonds is 4. The number of hydrazine groups is 1. The van der Waals surface area contributed by atoms with E-state index in [0.717, 1.165) is 5.69 Å². The molecule has 18 heavy (non-hydrogen) atoms. The molecule has 0 spiro atoms. The molecule has 0 aromatic heterocycles. The van der Waals surface area contributed by atoms with Crippen molar-refractivity contribution in [1.82, 2.24) is 10.9 Å². The van der Waals surface area contributed by atoms with Crippen LogP contribution in [0.4, 0.5) is 5.69 Å². The molecule has 0 saturated carbocycles. The van der Waals surface area contributed by atoms with Crippen LogP contribution in [-0.4, -0.2) is 31.3 Å². The lowest BCUT2D eigenvalue weighted by Gasteiger charge is -2.18. The fourth-order valence-electron chi connectivity index (χ4n) is 1.21. The molecule has 0 saturated heterocycles. The molecule has 0 unspecified atom stereocenters. The summed E-state index contributed by atoms with van der Waals surface area (Å²) in [5, 5.41) is 0.631. The van der Waals surface area contributed by atoms with Gasteiger partial charge in [-0.05, 0) is 24.3 Å². The second-order valence-corrected chi connectivity index (χ2v) is 4.27. The van der Waals surface area contributed by atoms with Crippen molar-refractivity contribution in [1.29, 1.82) is 0 Å². The molecule has 0 aliphatic heterocycles. The third-order valence-electron chi connectivity index (χ3n) is 2.11. The second kappa shape index (κ2) is 7.08. The van der Waals surface area contributed by atoms with Crippen LogP contribution in [0.25, 0.3) is 0 Å². The van der Waals surface area contributed by atoms with Crippen LogP contribution in [0.1, 0.15) is 0 Å². The standard InChI is InChI=1S/C11H13Cl2N3O2/c1-16(9-4-2-8(13)3-5-9)7-11(18)15-14-10(17)6-12/h2-5H,6-7H2,1H3,(H,14,17)(H,15,18). The van der Waals surface area contributed by atoms with Gasteiger partial charge in [0.25, 0.3) is 11.8 Å². The van der Waals surface area contributed by atoms with Gasteiger partial charge in [0.1, 0.15) is 5.88 Å². The minimum Gasteiger partial charge on any atom is -0.365 e. The van der Waals surface area contributed by atoms with Gasteiger partial charge in [-0.3, -0.25) is 20.4 Å². The number of carbonyl (C=O) groups is 2. The molecule has 0 aliphatic carbocycles. The second-order valence-electron chi connectivity index (χ2n) is 3.56. The highest BCUT2D eigenvalue weighted by atomic mass is 35.5. The van der Waals surface area contributed by atoms with E-state index in [1.54, 1.807) is 36.2 Å². The van der Waals surface area contributed by atoms with Crippen LogP contribution in [0.3, 0.4) is 0 Å². The van der Waals surface area contributed by atoms with Crippen LogP contribution in [0, 0.1) is 0 Å². The summed E-state index contributed by atoms with van der Waals surface area (Å²) in [7, 11) is 1.76. The van der Waals surface area contributed by atoms with Gasteiger partial charge in [0.15, 0.2) is 0 Å². The molecule has 2 amide bonds.